The predicted octanol–water partition coefficient (Wildman–Crippen LogP) is 3.51. The lowest BCUT2D eigenvalue weighted by Gasteiger charge is -2.26. The van der Waals surface area contributed by atoms with Crippen molar-refractivity contribution in [2.45, 2.75) is 38.7 Å². The van der Waals surface area contributed by atoms with E-state index in [0.29, 0.717) is 11.5 Å². The van der Waals surface area contributed by atoms with Crippen LogP contribution in [-0.4, -0.2) is 18.7 Å². The minimum Gasteiger partial charge on any atom is -0.389 e. The Kier molecular flexibility index (Phi) is 4.23. The van der Waals surface area contributed by atoms with Crippen LogP contribution >= 0.6 is 0 Å². The van der Waals surface area contributed by atoms with Crippen LogP contribution in [-0.2, 0) is 0 Å². The zero-order chi connectivity index (χ0) is 13.1. The summed E-state index contributed by atoms with van der Waals surface area (Å²) in [5.41, 5.74) is 1.23. The number of aliphatic hydroxyl groups excluding tert-OH is 1. The predicted molar refractivity (Wildman–Crippen MR) is 72.3 cm³/mol. The molecule has 100 valence electrons. The Balaban J connectivity index is 2.18. The van der Waals surface area contributed by atoms with Crippen LogP contribution < -0.4 is 4.90 Å². The highest BCUT2D eigenvalue weighted by molar-refractivity contribution is 5.54. The molecule has 1 unspecified atom stereocenters. The van der Waals surface area contributed by atoms with E-state index < -0.39 is 6.10 Å². The van der Waals surface area contributed by atoms with Crippen molar-refractivity contribution in [3.8, 4) is 0 Å². The molecule has 2 nitrogen and oxygen atoms in total. The second kappa shape index (κ2) is 5.70. The molecule has 0 aliphatic heterocycles. The van der Waals surface area contributed by atoms with Gasteiger partial charge in [-0.25, -0.2) is 4.39 Å². The molecule has 1 atom stereocenters. The zero-order valence-corrected chi connectivity index (χ0v) is 11.2. The molecule has 0 saturated heterocycles. The number of anilines is 1. The molecule has 1 saturated carbocycles. The maximum atomic E-state index is 13.8. The van der Waals surface area contributed by atoms with Gasteiger partial charge in [0, 0.05) is 24.8 Å². The minimum absolute atomic E-state index is 0.319. The average molecular weight is 251 g/mol. The number of hydrogen-bond acceptors (Lipinski definition) is 2. The van der Waals surface area contributed by atoms with Gasteiger partial charge in [0.25, 0.3) is 0 Å². The summed E-state index contributed by atoms with van der Waals surface area (Å²) in [5, 5.41) is 9.73. The molecule has 3 heteroatoms. The Bertz CT molecular complexity index is 399. The van der Waals surface area contributed by atoms with Gasteiger partial charge in [-0.3, -0.25) is 0 Å². The molecule has 1 aliphatic rings. The second-order valence-electron chi connectivity index (χ2n) is 5.38. The summed E-state index contributed by atoms with van der Waals surface area (Å²) < 4.78 is 13.8. The van der Waals surface area contributed by atoms with Gasteiger partial charge in [-0.1, -0.05) is 18.9 Å². The number of hydrogen-bond donors (Lipinski definition) is 1. The Labute approximate surface area is 108 Å². The standard InChI is InChI=1S/C15H22FNO/c1-11(18)15-13(16)8-5-9-14(15)17(2)10-12-6-3-4-7-12/h5,8-9,11-12,18H,3-4,6-7,10H2,1-2H3. The molecule has 1 aliphatic carbocycles. The monoisotopic (exact) mass is 251 g/mol. The van der Waals surface area contributed by atoms with Crippen LogP contribution in [0.5, 0.6) is 0 Å². The lowest BCUT2D eigenvalue weighted by Crippen LogP contribution is -2.25. The molecule has 1 fully saturated rings. The van der Waals surface area contributed by atoms with Gasteiger partial charge >= 0.3 is 0 Å². The average Bonchev–Trinajstić information content (AvgIpc) is 2.80. The maximum absolute atomic E-state index is 13.8. The SMILES string of the molecule is CC(O)c1c(F)cccc1N(C)CC1CCCC1. The summed E-state index contributed by atoms with van der Waals surface area (Å²) in [7, 11) is 1.99. The fourth-order valence-corrected chi connectivity index (χ4v) is 2.95. The number of rotatable bonds is 4. The van der Waals surface area contributed by atoms with Crippen molar-refractivity contribution < 1.29 is 9.50 Å². The molecule has 0 aromatic heterocycles. The van der Waals surface area contributed by atoms with E-state index in [1.165, 1.54) is 31.7 Å². The third-order valence-electron chi connectivity index (χ3n) is 3.87. The van der Waals surface area contributed by atoms with Crippen molar-refractivity contribution in [3.05, 3.63) is 29.6 Å². The van der Waals surface area contributed by atoms with Crippen LogP contribution in [0.4, 0.5) is 10.1 Å². The first-order chi connectivity index (χ1) is 8.59. The minimum atomic E-state index is -0.771. The van der Waals surface area contributed by atoms with Crippen molar-refractivity contribution in [1.29, 1.82) is 0 Å². The quantitative estimate of drug-likeness (QED) is 0.885. The highest BCUT2D eigenvalue weighted by Gasteiger charge is 2.20. The Hall–Kier alpha value is -1.09. The van der Waals surface area contributed by atoms with E-state index in [2.05, 4.69) is 4.90 Å². The van der Waals surface area contributed by atoms with Crippen LogP contribution in [0.25, 0.3) is 0 Å². The fraction of sp³-hybridized carbons (Fsp3) is 0.600. The van der Waals surface area contributed by atoms with Crippen LogP contribution in [0.1, 0.15) is 44.3 Å². The highest BCUT2D eigenvalue weighted by atomic mass is 19.1. The van der Waals surface area contributed by atoms with Gasteiger partial charge < -0.3 is 10.0 Å². The molecule has 1 N–H and O–H groups in total. The summed E-state index contributed by atoms with van der Waals surface area (Å²) in [6.45, 7) is 2.56. The van der Waals surface area contributed by atoms with Crippen molar-refractivity contribution in [3.63, 3.8) is 0 Å². The van der Waals surface area contributed by atoms with E-state index in [-0.39, 0.29) is 5.82 Å². The Morgan fingerprint density at radius 2 is 2.06 bits per heavy atom. The molecular weight excluding hydrogens is 229 g/mol. The topological polar surface area (TPSA) is 23.5 Å². The third kappa shape index (κ3) is 2.83. The van der Waals surface area contributed by atoms with E-state index >= 15 is 0 Å². The maximum Gasteiger partial charge on any atom is 0.131 e. The van der Waals surface area contributed by atoms with Crippen molar-refractivity contribution in [2.24, 2.45) is 5.92 Å². The molecular formula is C15H22FNO. The first-order valence-corrected chi connectivity index (χ1v) is 6.77. The molecule has 0 heterocycles. The molecule has 2 rings (SSSR count). The van der Waals surface area contributed by atoms with Gasteiger partial charge in [0.2, 0.25) is 0 Å². The summed E-state index contributed by atoms with van der Waals surface area (Å²) >= 11 is 0. The molecule has 0 spiro atoms. The summed E-state index contributed by atoms with van der Waals surface area (Å²) in [6.07, 6.45) is 4.38. The molecule has 18 heavy (non-hydrogen) atoms. The molecule has 1 aromatic carbocycles. The number of nitrogens with zero attached hydrogens (tertiary/aromatic N) is 1. The second-order valence-corrected chi connectivity index (χ2v) is 5.38. The van der Waals surface area contributed by atoms with Gasteiger partial charge in [0.15, 0.2) is 0 Å². The van der Waals surface area contributed by atoms with Crippen LogP contribution in [0, 0.1) is 11.7 Å². The van der Waals surface area contributed by atoms with Crippen LogP contribution in [0.15, 0.2) is 18.2 Å². The van der Waals surface area contributed by atoms with E-state index in [0.717, 1.165) is 12.2 Å². The Morgan fingerprint density at radius 1 is 1.39 bits per heavy atom. The first kappa shape index (κ1) is 13.3. The van der Waals surface area contributed by atoms with Crippen molar-refractivity contribution in [1.82, 2.24) is 0 Å². The number of aliphatic hydroxyl groups is 1. The van der Waals surface area contributed by atoms with Gasteiger partial charge in [-0.2, -0.15) is 0 Å². The normalized spacial score (nSPS) is 18.0. The van der Waals surface area contributed by atoms with E-state index in [1.54, 1.807) is 13.0 Å². The number of benzene rings is 1. The van der Waals surface area contributed by atoms with Gasteiger partial charge in [0.05, 0.1) is 6.10 Å². The summed E-state index contributed by atoms with van der Waals surface area (Å²) in [6, 6.07) is 5.01. The summed E-state index contributed by atoms with van der Waals surface area (Å²) in [5.74, 6) is 0.390. The first-order valence-electron chi connectivity index (χ1n) is 6.77. The largest absolute Gasteiger partial charge is 0.389 e. The molecule has 0 bridgehead atoms. The van der Waals surface area contributed by atoms with Gasteiger partial charge in [-0.05, 0) is 37.8 Å². The van der Waals surface area contributed by atoms with E-state index in [4.69, 9.17) is 0 Å². The number of halogens is 1. The van der Waals surface area contributed by atoms with Crippen LogP contribution in [0.3, 0.4) is 0 Å². The smallest absolute Gasteiger partial charge is 0.131 e. The van der Waals surface area contributed by atoms with E-state index in [1.807, 2.05) is 13.1 Å². The Morgan fingerprint density at radius 3 is 2.67 bits per heavy atom. The third-order valence-corrected chi connectivity index (χ3v) is 3.87. The van der Waals surface area contributed by atoms with Gasteiger partial charge in [0.1, 0.15) is 5.82 Å². The lowest BCUT2D eigenvalue weighted by atomic mass is 10.0. The molecule has 0 amide bonds. The van der Waals surface area contributed by atoms with Gasteiger partial charge in [-0.15, -0.1) is 0 Å². The van der Waals surface area contributed by atoms with Crippen molar-refractivity contribution >= 4 is 5.69 Å². The highest BCUT2D eigenvalue weighted by Crippen LogP contribution is 2.31. The molecule has 0 radical (unpaired) electrons. The van der Waals surface area contributed by atoms with E-state index in [9.17, 15) is 9.50 Å². The lowest BCUT2D eigenvalue weighted by molar-refractivity contribution is 0.194. The fourth-order valence-electron chi connectivity index (χ4n) is 2.95. The van der Waals surface area contributed by atoms with Crippen molar-refractivity contribution in [2.75, 3.05) is 18.5 Å². The molecule has 1 aromatic rings. The summed E-state index contributed by atoms with van der Waals surface area (Å²) in [4.78, 5) is 2.08. The zero-order valence-electron chi connectivity index (χ0n) is 11.2. The van der Waals surface area contributed by atoms with Crippen LogP contribution in [0.2, 0.25) is 0 Å².